The Morgan fingerprint density at radius 1 is 0.647 bits per heavy atom. The Labute approximate surface area is 205 Å². The first kappa shape index (κ1) is 27.3. The van der Waals surface area contributed by atoms with E-state index in [0.29, 0.717) is 25.0 Å². The first-order valence-electron chi connectivity index (χ1n) is 11.9. The van der Waals surface area contributed by atoms with E-state index in [0.717, 1.165) is 23.7 Å². The van der Waals surface area contributed by atoms with Crippen molar-refractivity contribution >= 4 is 25.6 Å². The van der Waals surface area contributed by atoms with Crippen LogP contribution in [0.1, 0.15) is 41.5 Å². The predicted octanol–water partition coefficient (Wildman–Crippen LogP) is 5.57. The molecule has 188 valence electrons. The molecular weight excluding hydrogens is 466 g/mol. The Balaban J connectivity index is 0.000000191. The van der Waals surface area contributed by atoms with E-state index in [1.165, 1.54) is 0 Å². The van der Waals surface area contributed by atoms with Crippen LogP contribution >= 0.6 is 15.0 Å². The summed E-state index contributed by atoms with van der Waals surface area (Å²) in [7, 11) is -5.65. The lowest BCUT2D eigenvalue weighted by Crippen LogP contribution is -2.40. The van der Waals surface area contributed by atoms with Gasteiger partial charge < -0.3 is 9.05 Å². The number of hydrogen-bond donors (Lipinski definition) is 2. The predicted molar refractivity (Wildman–Crippen MR) is 141 cm³/mol. The summed E-state index contributed by atoms with van der Waals surface area (Å²) in [5, 5.41) is 7.72. The van der Waals surface area contributed by atoms with E-state index in [1.54, 1.807) is 0 Å². The minimum absolute atomic E-state index is 0.176. The van der Waals surface area contributed by atoms with E-state index < -0.39 is 15.0 Å². The molecule has 34 heavy (non-hydrogen) atoms. The highest BCUT2D eigenvalue weighted by molar-refractivity contribution is 7.65. The second kappa shape index (κ2) is 10.8. The molecule has 4 atom stereocenters. The van der Waals surface area contributed by atoms with Crippen LogP contribution in [0.15, 0.2) is 60.7 Å². The molecule has 0 amide bonds. The van der Waals surface area contributed by atoms with Gasteiger partial charge in [0.1, 0.15) is 0 Å². The molecule has 0 spiro atoms. The summed E-state index contributed by atoms with van der Waals surface area (Å²) < 4.78 is 36.4. The van der Waals surface area contributed by atoms with Gasteiger partial charge >= 0.3 is 0 Å². The standard InChI is InChI=1S/2C13H20NO2P/c2*1-13(2,3)11-9-14-17(15,16-10-11)12-7-5-4-6-8-12/h2*4-8,11H,9-10H2,1-3H3,(H,14,15). The number of benzene rings is 2. The summed E-state index contributed by atoms with van der Waals surface area (Å²) in [4.78, 5) is 0. The van der Waals surface area contributed by atoms with Crippen LogP contribution in [0.2, 0.25) is 0 Å². The molecular formula is C26H40N2O4P2. The van der Waals surface area contributed by atoms with Crippen LogP contribution in [0.4, 0.5) is 0 Å². The molecule has 2 heterocycles. The summed E-state index contributed by atoms with van der Waals surface area (Å²) in [6, 6.07) is 18.8. The number of nitrogens with one attached hydrogen (secondary N) is 2. The SMILES string of the molecule is CC(C)(C)C1CNP(=O)(c2ccccc2)OC1.CC(C)(C)C1CNP(=O)(c2ccccc2)OC1. The molecule has 8 heteroatoms. The third-order valence-corrected chi connectivity index (χ3v) is 10.8. The zero-order valence-electron chi connectivity index (χ0n) is 21.3. The van der Waals surface area contributed by atoms with Gasteiger partial charge in [0, 0.05) is 24.9 Å². The van der Waals surface area contributed by atoms with Gasteiger partial charge in [0.25, 0.3) is 15.0 Å². The van der Waals surface area contributed by atoms with Crippen molar-refractivity contribution in [2.45, 2.75) is 41.5 Å². The van der Waals surface area contributed by atoms with Gasteiger partial charge in [-0.3, -0.25) is 9.13 Å². The zero-order chi connectivity index (χ0) is 25.0. The average Bonchev–Trinajstić information content (AvgIpc) is 2.80. The first-order valence-corrected chi connectivity index (χ1v) is 15.2. The molecule has 0 bridgehead atoms. The van der Waals surface area contributed by atoms with E-state index in [1.807, 2.05) is 60.7 Å². The molecule has 2 aromatic carbocycles. The van der Waals surface area contributed by atoms with Gasteiger partial charge in [0.2, 0.25) is 0 Å². The monoisotopic (exact) mass is 506 g/mol. The maximum Gasteiger partial charge on any atom is 0.299 e. The molecule has 4 unspecified atom stereocenters. The van der Waals surface area contributed by atoms with Crippen molar-refractivity contribution in [3.8, 4) is 0 Å². The Morgan fingerprint density at radius 2 is 0.971 bits per heavy atom. The summed E-state index contributed by atoms with van der Waals surface area (Å²) in [5.41, 5.74) is 0.351. The summed E-state index contributed by atoms with van der Waals surface area (Å²) in [5.74, 6) is 0.793. The molecule has 6 nitrogen and oxygen atoms in total. The Morgan fingerprint density at radius 3 is 1.21 bits per heavy atom. The van der Waals surface area contributed by atoms with Crippen LogP contribution in [0.5, 0.6) is 0 Å². The second-order valence-electron chi connectivity index (χ2n) is 11.2. The van der Waals surface area contributed by atoms with Crippen LogP contribution in [0.3, 0.4) is 0 Å². The van der Waals surface area contributed by atoms with Gasteiger partial charge in [0.15, 0.2) is 0 Å². The zero-order valence-corrected chi connectivity index (χ0v) is 23.1. The van der Waals surface area contributed by atoms with E-state index in [2.05, 4.69) is 51.7 Å². The smallest absolute Gasteiger partial charge is 0.299 e. The van der Waals surface area contributed by atoms with Gasteiger partial charge in [0.05, 0.1) is 23.8 Å². The van der Waals surface area contributed by atoms with Crippen molar-refractivity contribution in [2.24, 2.45) is 22.7 Å². The molecule has 2 aliphatic rings. The Kier molecular flexibility index (Phi) is 8.67. The fraction of sp³-hybridized carbons (Fsp3) is 0.538. The molecule has 4 rings (SSSR count). The summed E-state index contributed by atoms with van der Waals surface area (Å²) >= 11 is 0. The van der Waals surface area contributed by atoms with Crippen LogP contribution in [0.25, 0.3) is 0 Å². The van der Waals surface area contributed by atoms with Crippen molar-refractivity contribution in [1.82, 2.24) is 10.2 Å². The minimum atomic E-state index is -2.82. The maximum atomic E-state index is 12.6. The lowest BCUT2D eigenvalue weighted by molar-refractivity contribution is 0.129. The van der Waals surface area contributed by atoms with E-state index in [9.17, 15) is 9.13 Å². The van der Waals surface area contributed by atoms with Crippen LogP contribution in [-0.2, 0) is 18.2 Å². The van der Waals surface area contributed by atoms with Crippen molar-refractivity contribution < 1.29 is 18.2 Å². The number of rotatable bonds is 2. The van der Waals surface area contributed by atoms with E-state index in [4.69, 9.17) is 9.05 Å². The molecule has 0 aliphatic carbocycles. The highest BCUT2D eigenvalue weighted by atomic mass is 31.2. The van der Waals surface area contributed by atoms with Crippen molar-refractivity contribution in [1.29, 1.82) is 0 Å². The average molecular weight is 507 g/mol. The van der Waals surface area contributed by atoms with Crippen LogP contribution in [0, 0.1) is 22.7 Å². The number of hydrogen-bond acceptors (Lipinski definition) is 4. The van der Waals surface area contributed by atoms with E-state index in [-0.39, 0.29) is 10.8 Å². The molecule has 2 saturated heterocycles. The molecule has 2 N–H and O–H groups in total. The van der Waals surface area contributed by atoms with Gasteiger partial charge in [-0.15, -0.1) is 0 Å². The fourth-order valence-electron chi connectivity index (χ4n) is 3.75. The third kappa shape index (κ3) is 6.91. The quantitative estimate of drug-likeness (QED) is 0.519. The molecule has 0 aromatic heterocycles. The third-order valence-electron chi connectivity index (χ3n) is 6.65. The van der Waals surface area contributed by atoms with Crippen LogP contribution < -0.4 is 20.8 Å². The van der Waals surface area contributed by atoms with Gasteiger partial charge in [-0.2, -0.15) is 0 Å². The highest BCUT2D eigenvalue weighted by Gasteiger charge is 2.37. The van der Waals surface area contributed by atoms with Crippen molar-refractivity contribution in [2.75, 3.05) is 26.3 Å². The minimum Gasteiger partial charge on any atom is -0.314 e. The van der Waals surface area contributed by atoms with Crippen molar-refractivity contribution in [3.63, 3.8) is 0 Å². The highest BCUT2D eigenvalue weighted by Crippen LogP contribution is 2.47. The Bertz CT molecular complexity index is 909. The van der Waals surface area contributed by atoms with Crippen molar-refractivity contribution in [3.05, 3.63) is 60.7 Å². The molecule has 0 radical (unpaired) electrons. The first-order chi connectivity index (χ1) is 15.8. The van der Waals surface area contributed by atoms with Crippen LogP contribution in [-0.4, -0.2) is 26.3 Å². The molecule has 2 aliphatic heterocycles. The Hall–Kier alpha value is -1.26. The maximum absolute atomic E-state index is 12.6. The van der Waals surface area contributed by atoms with Gasteiger partial charge in [-0.05, 0) is 35.1 Å². The van der Waals surface area contributed by atoms with Gasteiger partial charge in [-0.1, -0.05) is 77.9 Å². The molecule has 2 aromatic rings. The van der Waals surface area contributed by atoms with E-state index >= 15 is 0 Å². The second-order valence-corrected chi connectivity index (χ2v) is 15.6. The molecule has 0 saturated carbocycles. The van der Waals surface area contributed by atoms with Gasteiger partial charge in [-0.25, -0.2) is 10.2 Å². The fourth-order valence-corrected chi connectivity index (χ4v) is 7.43. The largest absolute Gasteiger partial charge is 0.314 e. The molecule has 2 fully saturated rings. The summed E-state index contributed by atoms with van der Waals surface area (Å²) in [6.45, 7) is 15.7. The normalized spacial score (nSPS) is 30.2. The lowest BCUT2D eigenvalue weighted by Gasteiger charge is -2.37. The lowest BCUT2D eigenvalue weighted by atomic mass is 9.81. The summed E-state index contributed by atoms with van der Waals surface area (Å²) in [6.07, 6.45) is 0. The topological polar surface area (TPSA) is 76.7 Å².